The largest absolute Gasteiger partial charge is 0.389 e. The number of hydrogen-bond donors (Lipinski definition) is 4. The first kappa shape index (κ1) is 10.1. The van der Waals surface area contributed by atoms with E-state index in [4.69, 9.17) is 5.73 Å². The molecule has 80 valence electrons. The molecule has 0 fully saturated rings. The summed E-state index contributed by atoms with van der Waals surface area (Å²) in [6.45, 7) is 0.0219. The lowest BCUT2D eigenvalue weighted by Crippen LogP contribution is -2.26. The zero-order chi connectivity index (χ0) is 10.8. The van der Waals surface area contributed by atoms with Crippen molar-refractivity contribution in [3.63, 3.8) is 0 Å². The first-order valence-corrected chi connectivity index (χ1v) is 4.72. The number of H-pyrrole nitrogens is 1. The van der Waals surface area contributed by atoms with E-state index in [1.807, 2.05) is 6.07 Å². The molecule has 0 spiro atoms. The minimum absolute atomic E-state index is 0.0219. The third-order valence-corrected chi connectivity index (χ3v) is 2.41. The fourth-order valence-corrected chi connectivity index (χ4v) is 1.56. The maximum absolute atomic E-state index is 9.80. The number of nitrogens with zero attached hydrogens (tertiary/aromatic N) is 1. The van der Waals surface area contributed by atoms with Crippen LogP contribution >= 0.6 is 0 Å². The number of aliphatic hydroxyl groups is 2. The number of fused-ring (bicyclic) bond motifs is 1. The van der Waals surface area contributed by atoms with E-state index >= 15 is 0 Å². The maximum atomic E-state index is 9.80. The van der Waals surface area contributed by atoms with Gasteiger partial charge < -0.3 is 20.9 Å². The van der Waals surface area contributed by atoms with Crippen molar-refractivity contribution in [3.05, 3.63) is 30.1 Å². The molecule has 2 unspecified atom stereocenters. The number of nitrogens with two attached hydrogens (primary N) is 1. The molecule has 5 heteroatoms. The van der Waals surface area contributed by atoms with Gasteiger partial charge >= 0.3 is 0 Å². The van der Waals surface area contributed by atoms with E-state index in [2.05, 4.69) is 9.97 Å². The molecule has 0 saturated carbocycles. The van der Waals surface area contributed by atoms with Crippen LogP contribution in [0.5, 0.6) is 0 Å². The van der Waals surface area contributed by atoms with Crippen molar-refractivity contribution in [3.8, 4) is 0 Å². The molecular formula is C10H13N3O2. The van der Waals surface area contributed by atoms with Gasteiger partial charge in [0.1, 0.15) is 11.8 Å². The third-order valence-electron chi connectivity index (χ3n) is 2.41. The molecule has 0 saturated heterocycles. The van der Waals surface area contributed by atoms with Gasteiger partial charge in [0.25, 0.3) is 0 Å². The minimum atomic E-state index is -0.979. The number of hydrogen-bond acceptors (Lipinski definition) is 4. The lowest BCUT2D eigenvalue weighted by Gasteiger charge is -2.14. The summed E-state index contributed by atoms with van der Waals surface area (Å²) in [6, 6.07) is 3.61. The van der Waals surface area contributed by atoms with E-state index in [1.54, 1.807) is 18.5 Å². The highest BCUT2D eigenvalue weighted by atomic mass is 16.3. The van der Waals surface area contributed by atoms with Crippen molar-refractivity contribution in [2.24, 2.45) is 5.73 Å². The molecule has 0 amide bonds. The minimum Gasteiger partial charge on any atom is -0.389 e. The van der Waals surface area contributed by atoms with Crippen molar-refractivity contribution in [1.82, 2.24) is 9.97 Å². The van der Waals surface area contributed by atoms with E-state index in [1.165, 1.54) is 0 Å². The molecule has 2 atom stereocenters. The van der Waals surface area contributed by atoms with Crippen LogP contribution in [0.15, 0.2) is 24.5 Å². The fraction of sp³-hybridized carbons (Fsp3) is 0.300. The molecule has 0 bridgehead atoms. The molecule has 0 aromatic carbocycles. The predicted molar refractivity (Wildman–Crippen MR) is 56.1 cm³/mol. The van der Waals surface area contributed by atoms with Crippen LogP contribution in [-0.2, 0) is 0 Å². The van der Waals surface area contributed by atoms with Gasteiger partial charge in [0.05, 0.1) is 6.10 Å². The number of nitrogens with one attached hydrogen (secondary N) is 1. The number of rotatable bonds is 3. The Hall–Kier alpha value is -1.43. The molecule has 5 N–H and O–H groups in total. The summed E-state index contributed by atoms with van der Waals surface area (Å²) in [5, 5.41) is 20.0. The molecule has 2 rings (SSSR count). The van der Waals surface area contributed by atoms with E-state index in [-0.39, 0.29) is 6.54 Å². The Morgan fingerprint density at radius 1 is 1.47 bits per heavy atom. The summed E-state index contributed by atoms with van der Waals surface area (Å²) in [5.74, 6) is 0. The Kier molecular flexibility index (Phi) is 2.68. The van der Waals surface area contributed by atoms with Crippen LogP contribution in [0.1, 0.15) is 11.7 Å². The van der Waals surface area contributed by atoms with Crippen LogP contribution in [0.25, 0.3) is 11.0 Å². The standard InChI is InChI=1S/C10H13N3O2/c11-4-8(14)9(15)7-5-13-10-6(7)2-1-3-12-10/h1-3,5,8-9,14-15H,4,11H2,(H,12,13). The molecule has 0 aliphatic heterocycles. The maximum Gasteiger partial charge on any atom is 0.137 e. The zero-order valence-electron chi connectivity index (χ0n) is 8.09. The molecular weight excluding hydrogens is 194 g/mol. The van der Waals surface area contributed by atoms with Crippen molar-refractivity contribution < 1.29 is 10.2 Å². The van der Waals surface area contributed by atoms with E-state index in [0.717, 1.165) is 5.39 Å². The fourth-order valence-electron chi connectivity index (χ4n) is 1.56. The Bertz CT molecular complexity index is 455. The van der Waals surface area contributed by atoms with Crippen molar-refractivity contribution >= 4 is 11.0 Å². The predicted octanol–water partition coefficient (Wildman–Crippen LogP) is -0.0841. The summed E-state index contributed by atoms with van der Waals surface area (Å²) in [4.78, 5) is 7.01. The third kappa shape index (κ3) is 1.72. The van der Waals surface area contributed by atoms with Gasteiger partial charge in [-0.05, 0) is 12.1 Å². The summed E-state index contributed by atoms with van der Waals surface area (Å²) in [6.07, 6.45) is 1.37. The average Bonchev–Trinajstić information content (AvgIpc) is 2.70. The highest BCUT2D eigenvalue weighted by molar-refractivity contribution is 5.79. The normalized spacial score (nSPS) is 15.4. The second-order valence-electron chi connectivity index (χ2n) is 3.39. The lowest BCUT2D eigenvalue weighted by atomic mass is 10.0. The van der Waals surface area contributed by atoms with Gasteiger partial charge in [0.15, 0.2) is 0 Å². The van der Waals surface area contributed by atoms with Crippen LogP contribution in [0.4, 0.5) is 0 Å². The lowest BCUT2D eigenvalue weighted by molar-refractivity contribution is 0.0252. The molecule has 2 aromatic rings. The Morgan fingerprint density at radius 2 is 2.27 bits per heavy atom. The summed E-state index contributed by atoms with van der Waals surface area (Å²) >= 11 is 0. The van der Waals surface area contributed by atoms with Gasteiger partial charge in [-0.15, -0.1) is 0 Å². The Balaban J connectivity index is 2.43. The quantitative estimate of drug-likeness (QED) is 0.566. The average molecular weight is 207 g/mol. The highest BCUT2D eigenvalue weighted by Crippen LogP contribution is 2.24. The smallest absolute Gasteiger partial charge is 0.137 e. The first-order chi connectivity index (χ1) is 7.24. The van der Waals surface area contributed by atoms with Gasteiger partial charge in [-0.1, -0.05) is 0 Å². The molecule has 0 radical (unpaired) electrons. The van der Waals surface area contributed by atoms with Crippen molar-refractivity contribution in [1.29, 1.82) is 0 Å². The second-order valence-corrected chi connectivity index (χ2v) is 3.39. The van der Waals surface area contributed by atoms with Gasteiger partial charge in [-0.2, -0.15) is 0 Å². The van der Waals surface area contributed by atoms with E-state index in [0.29, 0.717) is 11.2 Å². The van der Waals surface area contributed by atoms with Gasteiger partial charge in [0.2, 0.25) is 0 Å². The van der Waals surface area contributed by atoms with E-state index in [9.17, 15) is 10.2 Å². The number of aromatic nitrogens is 2. The molecule has 0 aliphatic carbocycles. The Morgan fingerprint density at radius 3 is 3.00 bits per heavy atom. The number of aliphatic hydroxyl groups excluding tert-OH is 2. The van der Waals surface area contributed by atoms with Crippen molar-refractivity contribution in [2.45, 2.75) is 12.2 Å². The monoisotopic (exact) mass is 207 g/mol. The van der Waals surface area contributed by atoms with Crippen LogP contribution in [-0.4, -0.2) is 32.8 Å². The molecule has 2 heterocycles. The molecule has 5 nitrogen and oxygen atoms in total. The second kappa shape index (κ2) is 3.98. The number of aromatic amines is 1. The van der Waals surface area contributed by atoms with Crippen LogP contribution in [0.2, 0.25) is 0 Å². The zero-order valence-corrected chi connectivity index (χ0v) is 8.09. The SMILES string of the molecule is NCC(O)C(O)c1c[nH]c2ncccc12. The van der Waals surface area contributed by atoms with Gasteiger partial charge in [0, 0.05) is 29.9 Å². The molecule has 0 aliphatic rings. The topological polar surface area (TPSA) is 95.2 Å². The van der Waals surface area contributed by atoms with Crippen LogP contribution in [0, 0.1) is 0 Å². The summed E-state index contributed by atoms with van der Waals surface area (Å²) in [7, 11) is 0. The summed E-state index contributed by atoms with van der Waals surface area (Å²) < 4.78 is 0. The van der Waals surface area contributed by atoms with Crippen molar-refractivity contribution in [2.75, 3.05) is 6.54 Å². The van der Waals surface area contributed by atoms with E-state index < -0.39 is 12.2 Å². The summed E-state index contributed by atoms with van der Waals surface area (Å²) in [5.41, 5.74) is 6.60. The molecule has 15 heavy (non-hydrogen) atoms. The highest BCUT2D eigenvalue weighted by Gasteiger charge is 2.20. The van der Waals surface area contributed by atoms with Crippen LogP contribution < -0.4 is 5.73 Å². The van der Waals surface area contributed by atoms with Gasteiger partial charge in [-0.3, -0.25) is 0 Å². The molecule has 2 aromatic heterocycles. The van der Waals surface area contributed by atoms with Gasteiger partial charge in [-0.25, -0.2) is 4.98 Å². The first-order valence-electron chi connectivity index (χ1n) is 4.72. The van der Waals surface area contributed by atoms with Crippen LogP contribution in [0.3, 0.4) is 0 Å². The Labute approximate surface area is 86.6 Å². The number of pyridine rings is 1.